The van der Waals surface area contributed by atoms with Crippen molar-refractivity contribution in [3.05, 3.63) is 36.4 Å². The third kappa shape index (κ3) is 4.87. The number of ether oxygens (including phenoxy) is 4. The number of para-hydroxylation sites is 1. The predicted molar refractivity (Wildman–Crippen MR) is 125 cm³/mol. The first-order valence-electron chi connectivity index (χ1n) is 10.8. The summed E-state index contributed by atoms with van der Waals surface area (Å²) < 4.78 is 21.9. The Hall–Kier alpha value is -3.10. The van der Waals surface area contributed by atoms with Crippen molar-refractivity contribution in [1.82, 2.24) is 14.9 Å². The van der Waals surface area contributed by atoms with Crippen LogP contribution in [0.1, 0.15) is 6.42 Å². The molecule has 0 spiro atoms. The highest BCUT2D eigenvalue weighted by atomic mass is 16.5. The van der Waals surface area contributed by atoms with Crippen LogP contribution in [0.15, 0.2) is 36.4 Å². The van der Waals surface area contributed by atoms with Gasteiger partial charge in [0.2, 0.25) is 5.75 Å². The summed E-state index contributed by atoms with van der Waals surface area (Å²) in [5.74, 6) is 3.10. The Balaban J connectivity index is 1.60. The second-order valence-corrected chi connectivity index (χ2v) is 7.56. The number of aromatic nitrogens is 2. The van der Waals surface area contributed by atoms with Gasteiger partial charge >= 0.3 is 0 Å². The molecule has 8 nitrogen and oxygen atoms in total. The van der Waals surface area contributed by atoms with Crippen LogP contribution in [0, 0.1) is 0 Å². The van der Waals surface area contributed by atoms with E-state index in [4.69, 9.17) is 28.9 Å². The molecule has 3 aromatic rings. The summed E-state index contributed by atoms with van der Waals surface area (Å²) in [5, 5.41) is 4.52. The van der Waals surface area contributed by atoms with Gasteiger partial charge < -0.3 is 24.3 Å². The molecule has 1 N–H and O–H groups in total. The van der Waals surface area contributed by atoms with Crippen LogP contribution >= 0.6 is 0 Å². The van der Waals surface area contributed by atoms with E-state index >= 15 is 0 Å². The van der Waals surface area contributed by atoms with Gasteiger partial charge in [0.15, 0.2) is 17.3 Å². The maximum absolute atomic E-state index is 5.51. The minimum absolute atomic E-state index is 0.543. The molecule has 170 valence electrons. The first-order chi connectivity index (χ1) is 15.7. The molecule has 0 atom stereocenters. The van der Waals surface area contributed by atoms with Gasteiger partial charge in [0, 0.05) is 30.6 Å². The molecular weight excluding hydrogens is 408 g/mol. The van der Waals surface area contributed by atoms with Gasteiger partial charge in [-0.1, -0.05) is 12.1 Å². The van der Waals surface area contributed by atoms with Crippen LogP contribution in [0.3, 0.4) is 0 Å². The van der Waals surface area contributed by atoms with Crippen LogP contribution in [-0.4, -0.2) is 75.6 Å². The summed E-state index contributed by atoms with van der Waals surface area (Å²) in [6, 6.07) is 11.8. The minimum Gasteiger partial charge on any atom is -0.493 e. The highest BCUT2D eigenvalue weighted by Crippen LogP contribution is 2.41. The molecule has 0 bridgehead atoms. The highest BCUT2D eigenvalue weighted by Gasteiger charge is 2.17. The van der Waals surface area contributed by atoms with Crippen LogP contribution < -0.4 is 19.5 Å². The lowest BCUT2D eigenvalue weighted by molar-refractivity contribution is 0.0378. The summed E-state index contributed by atoms with van der Waals surface area (Å²) in [4.78, 5) is 12.1. The third-order valence-corrected chi connectivity index (χ3v) is 5.57. The van der Waals surface area contributed by atoms with Crippen molar-refractivity contribution in [3.8, 4) is 28.6 Å². The monoisotopic (exact) mass is 438 g/mol. The number of hydrogen-bond acceptors (Lipinski definition) is 8. The standard InChI is InChI=1S/C24H30N4O4/c1-29-20-15-17(16-21(30-2)22(20)31-3)23-26-19-8-5-4-7-18(19)24(27-23)25-9-6-10-28-11-13-32-14-12-28/h4-5,7-8,15-16H,6,9-14H2,1-3H3,(H,25,26,27). The Morgan fingerprint density at radius 1 is 0.969 bits per heavy atom. The van der Waals surface area contributed by atoms with E-state index in [2.05, 4.69) is 10.2 Å². The van der Waals surface area contributed by atoms with E-state index in [0.717, 1.165) is 68.1 Å². The maximum Gasteiger partial charge on any atom is 0.203 e. The number of fused-ring (bicyclic) bond motifs is 1. The number of benzene rings is 2. The van der Waals surface area contributed by atoms with Gasteiger partial charge in [-0.2, -0.15) is 0 Å². The van der Waals surface area contributed by atoms with E-state index < -0.39 is 0 Å². The fraction of sp³-hybridized carbons (Fsp3) is 0.417. The van der Waals surface area contributed by atoms with E-state index in [1.165, 1.54) is 0 Å². The number of morpholine rings is 1. The smallest absolute Gasteiger partial charge is 0.203 e. The van der Waals surface area contributed by atoms with E-state index in [1.54, 1.807) is 21.3 Å². The van der Waals surface area contributed by atoms with Crippen molar-refractivity contribution in [2.24, 2.45) is 0 Å². The summed E-state index contributed by atoms with van der Waals surface area (Å²) in [6.45, 7) is 5.51. The average Bonchev–Trinajstić information content (AvgIpc) is 2.86. The molecule has 1 aromatic heterocycles. The number of hydrogen-bond donors (Lipinski definition) is 1. The van der Waals surface area contributed by atoms with Crippen molar-refractivity contribution in [2.75, 3.05) is 66.0 Å². The maximum atomic E-state index is 5.51. The fourth-order valence-electron chi connectivity index (χ4n) is 3.88. The van der Waals surface area contributed by atoms with Crippen molar-refractivity contribution >= 4 is 16.7 Å². The largest absolute Gasteiger partial charge is 0.493 e. The van der Waals surface area contributed by atoms with Gasteiger partial charge in [0.1, 0.15) is 5.82 Å². The molecule has 8 heteroatoms. The first kappa shape index (κ1) is 22.1. The molecule has 32 heavy (non-hydrogen) atoms. The molecule has 0 aliphatic carbocycles. The quantitative estimate of drug-likeness (QED) is 0.509. The Kier molecular flexibility index (Phi) is 7.24. The highest BCUT2D eigenvalue weighted by molar-refractivity contribution is 5.90. The lowest BCUT2D eigenvalue weighted by atomic mass is 10.1. The topological polar surface area (TPSA) is 78.0 Å². The SMILES string of the molecule is COc1cc(-c2nc(NCCCN3CCOCC3)c3ccccc3n2)cc(OC)c1OC. The van der Waals surface area contributed by atoms with Gasteiger partial charge in [-0.15, -0.1) is 0 Å². The van der Waals surface area contributed by atoms with Gasteiger partial charge in [-0.3, -0.25) is 4.90 Å². The Morgan fingerprint density at radius 3 is 2.38 bits per heavy atom. The molecule has 2 aromatic carbocycles. The van der Waals surface area contributed by atoms with E-state index in [1.807, 2.05) is 36.4 Å². The third-order valence-electron chi connectivity index (χ3n) is 5.57. The number of rotatable bonds is 9. The molecular formula is C24H30N4O4. The average molecular weight is 439 g/mol. The van der Waals surface area contributed by atoms with Crippen LogP contribution in [0.25, 0.3) is 22.3 Å². The molecule has 1 aliphatic heterocycles. The van der Waals surface area contributed by atoms with Crippen molar-refractivity contribution in [3.63, 3.8) is 0 Å². The van der Waals surface area contributed by atoms with E-state index in [9.17, 15) is 0 Å². The van der Waals surface area contributed by atoms with Crippen molar-refractivity contribution in [1.29, 1.82) is 0 Å². The van der Waals surface area contributed by atoms with Crippen molar-refractivity contribution in [2.45, 2.75) is 6.42 Å². The second kappa shape index (κ2) is 10.5. The van der Waals surface area contributed by atoms with Crippen molar-refractivity contribution < 1.29 is 18.9 Å². The Morgan fingerprint density at radius 2 is 1.69 bits per heavy atom. The first-order valence-corrected chi connectivity index (χ1v) is 10.8. The number of nitrogens with zero attached hydrogens (tertiary/aromatic N) is 3. The summed E-state index contributed by atoms with van der Waals surface area (Å²) in [7, 11) is 4.79. The zero-order chi connectivity index (χ0) is 22.3. The summed E-state index contributed by atoms with van der Waals surface area (Å²) in [5.41, 5.74) is 1.67. The molecule has 1 aliphatic rings. The molecule has 0 saturated carbocycles. The number of methoxy groups -OCH3 is 3. The second-order valence-electron chi connectivity index (χ2n) is 7.56. The number of nitrogens with one attached hydrogen (secondary N) is 1. The zero-order valence-corrected chi connectivity index (χ0v) is 18.9. The zero-order valence-electron chi connectivity index (χ0n) is 18.9. The lowest BCUT2D eigenvalue weighted by Crippen LogP contribution is -2.37. The van der Waals surface area contributed by atoms with Crippen LogP contribution in [0.5, 0.6) is 17.2 Å². The fourth-order valence-corrected chi connectivity index (χ4v) is 3.88. The lowest BCUT2D eigenvalue weighted by Gasteiger charge is -2.26. The Bertz CT molecular complexity index is 1030. The molecule has 0 unspecified atom stereocenters. The molecule has 4 rings (SSSR count). The van der Waals surface area contributed by atoms with Gasteiger partial charge in [-0.05, 0) is 37.2 Å². The summed E-state index contributed by atoms with van der Waals surface area (Å²) >= 11 is 0. The molecule has 0 amide bonds. The molecule has 0 radical (unpaired) electrons. The predicted octanol–water partition coefficient (Wildman–Crippen LogP) is 3.46. The minimum atomic E-state index is 0.543. The Labute approximate surface area is 188 Å². The number of anilines is 1. The van der Waals surface area contributed by atoms with Gasteiger partial charge in [-0.25, -0.2) is 9.97 Å². The van der Waals surface area contributed by atoms with Gasteiger partial charge in [0.05, 0.1) is 40.1 Å². The molecule has 1 saturated heterocycles. The summed E-state index contributed by atoms with van der Waals surface area (Å²) in [6.07, 6.45) is 1.03. The van der Waals surface area contributed by atoms with Crippen LogP contribution in [0.2, 0.25) is 0 Å². The van der Waals surface area contributed by atoms with Crippen LogP contribution in [0.4, 0.5) is 5.82 Å². The van der Waals surface area contributed by atoms with E-state index in [0.29, 0.717) is 23.1 Å². The van der Waals surface area contributed by atoms with E-state index in [-0.39, 0.29) is 0 Å². The van der Waals surface area contributed by atoms with Gasteiger partial charge in [0.25, 0.3) is 0 Å². The normalized spacial score (nSPS) is 14.3. The molecule has 2 heterocycles. The molecule has 1 fully saturated rings. The van der Waals surface area contributed by atoms with Crippen LogP contribution in [-0.2, 0) is 4.74 Å².